The summed E-state index contributed by atoms with van der Waals surface area (Å²) in [6.07, 6.45) is 0.559. The van der Waals surface area contributed by atoms with Crippen LogP contribution in [0.4, 0.5) is 0 Å². The van der Waals surface area contributed by atoms with E-state index in [9.17, 15) is 4.79 Å². The molecule has 0 saturated carbocycles. The summed E-state index contributed by atoms with van der Waals surface area (Å²) < 4.78 is 0. The molecule has 0 aliphatic heterocycles. The quantitative estimate of drug-likeness (QED) is 0.186. The van der Waals surface area contributed by atoms with Gasteiger partial charge in [-0.25, -0.2) is 9.78 Å². The van der Waals surface area contributed by atoms with Crippen LogP contribution in [-0.2, 0) is 14.6 Å². The molecule has 0 radical (unpaired) electrons. The first-order valence-electron chi connectivity index (χ1n) is 5.81. The minimum atomic E-state index is -0.838. The largest absolute Gasteiger partial charge is 0.481 e. The fourth-order valence-electron chi connectivity index (χ4n) is 1.46. The van der Waals surface area contributed by atoms with Crippen LogP contribution in [-0.4, -0.2) is 60.0 Å². The Balaban J connectivity index is 3.61. The van der Waals surface area contributed by atoms with Crippen LogP contribution in [0.2, 0.25) is 0 Å². The molecule has 2 atom stereocenters. The standard InChI is InChI=1S/C10H22N2O6/c1-8(6-10(13)14)11-3-4-12-9(7-18-16)2-5-17-15/h8-9,11-12,15-16H,2-7H2,1H3,(H,13,14). The summed E-state index contributed by atoms with van der Waals surface area (Å²) >= 11 is 0. The zero-order valence-electron chi connectivity index (χ0n) is 10.5. The van der Waals surface area contributed by atoms with Crippen LogP contribution < -0.4 is 10.6 Å². The molecule has 8 heteroatoms. The number of carbonyl (C=O) groups is 1. The van der Waals surface area contributed by atoms with E-state index in [4.69, 9.17) is 15.6 Å². The molecule has 0 bridgehead atoms. The van der Waals surface area contributed by atoms with Crippen molar-refractivity contribution in [3.05, 3.63) is 0 Å². The minimum Gasteiger partial charge on any atom is -0.481 e. The van der Waals surface area contributed by atoms with E-state index < -0.39 is 5.97 Å². The normalized spacial score (nSPS) is 14.4. The summed E-state index contributed by atoms with van der Waals surface area (Å²) in [6, 6.07) is -0.239. The van der Waals surface area contributed by atoms with Gasteiger partial charge in [-0.05, 0) is 13.3 Å². The molecule has 0 aliphatic carbocycles. The van der Waals surface area contributed by atoms with Gasteiger partial charge in [-0.2, -0.15) is 0 Å². The third-order valence-corrected chi connectivity index (χ3v) is 2.36. The van der Waals surface area contributed by atoms with Gasteiger partial charge in [0.25, 0.3) is 0 Å². The fourth-order valence-corrected chi connectivity index (χ4v) is 1.46. The third kappa shape index (κ3) is 10.4. The molecule has 5 N–H and O–H groups in total. The van der Waals surface area contributed by atoms with Crippen LogP contribution in [0.3, 0.4) is 0 Å². The van der Waals surface area contributed by atoms with Crippen molar-refractivity contribution in [3.8, 4) is 0 Å². The van der Waals surface area contributed by atoms with Crippen LogP contribution in [0, 0.1) is 0 Å². The maximum absolute atomic E-state index is 10.4. The van der Waals surface area contributed by atoms with E-state index >= 15 is 0 Å². The molecule has 18 heavy (non-hydrogen) atoms. The number of hydrogen-bond acceptors (Lipinski definition) is 7. The van der Waals surface area contributed by atoms with Gasteiger partial charge in [0, 0.05) is 25.2 Å². The molecule has 0 heterocycles. The molecule has 0 saturated heterocycles. The van der Waals surface area contributed by atoms with Crippen molar-refractivity contribution in [2.45, 2.75) is 31.8 Å². The molecule has 0 aliphatic rings. The lowest BCUT2D eigenvalue weighted by Crippen LogP contribution is -2.40. The number of carboxylic acid groups (broad SMARTS) is 1. The lowest BCUT2D eigenvalue weighted by molar-refractivity contribution is -0.257. The highest BCUT2D eigenvalue weighted by Crippen LogP contribution is 1.93. The fraction of sp³-hybridized carbons (Fsp3) is 0.900. The Hall–Kier alpha value is -0.770. The van der Waals surface area contributed by atoms with Crippen LogP contribution in [0.5, 0.6) is 0 Å². The van der Waals surface area contributed by atoms with Gasteiger partial charge in [0.2, 0.25) is 0 Å². The molecule has 0 rings (SSSR count). The van der Waals surface area contributed by atoms with Gasteiger partial charge in [0.15, 0.2) is 0 Å². The zero-order chi connectivity index (χ0) is 13.8. The highest BCUT2D eigenvalue weighted by Gasteiger charge is 2.09. The SMILES string of the molecule is CC(CC(=O)O)NCCNC(CCOO)COO. The van der Waals surface area contributed by atoms with E-state index in [0.29, 0.717) is 19.5 Å². The Morgan fingerprint density at radius 3 is 2.44 bits per heavy atom. The molecule has 0 aromatic carbocycles. The second-order valence-electron chi connectivity index (χ2n) is 4.02. The monoisotopic (exact) mass is 266 g/mol. The van der Waals surface area contributed by atoms with Gasteiger partial charge in [-0.15, -0.1) is 0 Å². The number of nitrogens with one attached hydrogen (secondary N) is 2. The summed E-state index contributed by atoms with van der Waals surface area (Å²) in [6.45, 7) is 3.21. The van der Waals surface area contributed by atoms with Crippen molar-refractivity contribution < 1.29 is 30.2 Å². The molecule has 2 unspecified atom stereocenters. The van der Waals surface area contributed by atoms with E-state index in [1.807, 2.05) is 0 Å². The summed E-state index contributed by atoms with van der Waals surface area (Å²) in [4.78, 5) is 18.4. The maximum atomic E-state index is 10.4. The van der Waals surface area contributed by atoms with Gasteiger partial charge in [0.05, 0.1) is 19.6 Å². The van der Waals surface area contributed by atoms with Crippen molar-refractivity contribution in [1.82, 2.24) is 10.6 Å². The van der Waals surface area contributed by atoms with E-state index in [1.54, 1.807) is 6.92 Å². The number of hydrogen-bond donors (Lipinski definition) is 5. The highest BCUT2D eigenvalue weighted by atomic mass is 17.1. The van der Waals surface area contributed by atoms with Crippen LogP contribution >= 0.6 is 0 Å². The van der Waals surface area contributed by atoms with Crippen LogP contribution in [0.25, 0.3) is 0 Å². The predicted molar refractivity (Wildman–Crippen MR) is 63.3 cm³/mol. The predicted octanol–water partition coefficient (Wildman–Crippen LogP) is -0.233. The first-order chi connectivity index (χ1) is 8.60. The highest BCUT2D eigenvalue weighted by molar-refractivity contribution is 5.67. The molecule has 0 fully saturated rings. The van der Waals surface area contributed by atoms with Crippen molar-refractivity contribution in [2.75, 3.05) is 26.3 Å². The summed E-state index contributed by atoms with van der Waals surface area (Å²) in [7, 11) is 0. The Morgan fingerprint density at radius 1 is 1.22 bits per heavy atom. The van der Waals surface area contributed by atoms with Gasteiger partial charge >= 0.3 is 5.97 Å². The summed E-state index contributed by atoms with van der Waals surface area (Å²) in [5.41, 5.74) is 0. The Labute approximate surface area is 106 Å². The first-order valence-corrected chi connectivity index (χ1v) is 5.81. The van der Waals surface area contributed by atoms with Gasteiger partial charge in [-0.1, -0.05) is 0 Å². The lowest BCUT2D eigenvalue weighted by Gasteiger charge is -2.17. The second-order valence-corrected chi connectivity index (χ2v) is 4.02. The number of aliphatic carboxylic acids is 1. The molecule has 8 nitrogen and oxygen atoms in total. The molecule has 0 aromatic heterocycles. The number of carboxylic acids is 1. The topological polar surface area (TPSA) is 120 Å². The van der Waals surface area contributed by atoms with E-state index in [2.05, 4.69) is 20.4 Å². The average molecular weight is 266 g/mol. The molecular weight excluding hydrogens is 244 g/mol. The van der Waals surface area contributed by atoms with Crippen LogP contribution in [0.1, 0.15) is 19.8 Å². The number of rotatable bonds is 12. The molecule has 0 spiro atoms. The lowest BCUT2D eigenvalue weighted by atomic mass is 10.2. The average Bonchev–Trinajstić information content (AvgIpc) is 2.30. The maximum Gasteiger partial charge on any atom is 0.304 e. The summed E-state index contributed by atoms with van der Waals surface area (Å²) in [5.74, 6) is -0.838. The Kier molecular flexibility index (Phi) is 10.8. The molecule has 108 valence electrons. The first kappa shape index (κ1) is 17.2. The van der Waals surface area contributed by atoms with E-state index in [0.717, 1.165) is 0 Å². The minimum absolute atomic E-state index is 0.0710. The molecule has 0 aromatic rings. The molecular formula is C10H22N2O6. The smallest absolute Gasteiger partial charge is 0.304 e. The zero-order valence-corrected chi connectivity index (χ0v) is 10.5. The van der Waals surface area contributed by atoms with E-state index in [-0.39, 0.29) is 31.7 Å². The van der Waals surface area contributed by atoms with Crippen molar-refractivity contribution in [3.63, 3.8) is 0 Å². The Bertz CT molecular complexity index is 217. The van der Waals surface area contributed by atoms with Gasteiger partial charge in [0.1, 0.15) is 0 Å². The molecule has 0 amide bonds. The van der Waals surface area contributed by atoms with Crippen molar-refractivity contribution >= 4 is 5.97 Å². The van der Waals surface area contributed by atoms with E-state index in [1.165, 1.54) is 0 Å². The van der Waals surface area contributed by atoms with Crippen LogP contribution in [0.15, 0.2) is 0 Å². The van der Waals surface area contributed by atoms with Crippen molar-refractivity contribution in [2.24, 2.45) is 0 Å². The van der Waals surface area contributed by atoms with Crippen molar-refractivity contribution in [1.29, 1.82) is 0 Å². The second kappa shape index (κ2) is 11.3. The third-order valence-electron chi connectivity index (χ3n) is 2.36. The summed E-state index contributed by atoms with van der Waals surface area (Å²) in [5, 5.41) is 31.2. The Morgan fingerprint density at radius 2 is 1.89 bits per heavy atom. The van der Waals surface area contributed by atoms with Gasteiger partial charge < -0.3 is 15.7 Å². The van der Waals surface area contributed by atoms with Gasteiger partial charge in [-0.3, -0.25) is 15.3 Å².